The van der Waals surface area contributed by atoms with Gasteiger partial charge in [-0.1, -0.05) is 13.0 Å². The molecule has 0 bridgehead atoms. The molecule has 0 aromatic carbocycles. The number of rotatable bonds is 6. The van der Waals surface area contributed by atoms with Crippen LogP contribution in [-0.2, 0) is 4.79 Å². The highest BCUT2D eigenvalue weighted by Crippen LogP contribution is 2.48. The van der Waals surface area contributed by atoms with E-state index in [9.17, 15) is 15.0 Å². The average molecular weight is 278 g/mol. The third-order valence-corrected chi connectivity index (χ3v) is 4.91. The van der Waals surface area contributed by atoms with Gasteiger partial charge < -0.3 is 10.2 Å². The largest absolute Gasteiger partial charge is 0.512 e. The molecule has 0 aromatic heterocycles. The number of carbonyl (C=O) groups is 1. The van der Waals surface area contributed by atoms with Crippen molar-refractivity contribution in [2.75, 3.05) is 0 Å². The minimum absolute atomic E-state index is 0.150. The van der Waals surface area contributed by atoms with Crippen LogP contribution in [0.15, 0.2) is 24.5 Å². The highest BCUT2D eigenvalue weighted by molar-refractivity contribution is 5.81. The van der Waals surface area contributed by atoms with Crippen LogP contribution in [0.25, 0.3) is 0 Å². The fraction of sp³-hybridized carbons (Fsp3) is 0.706. The van der Waals surface area contributed by atoms with Crippen LogP contribution >= 0.6 is 0 Å². The van der Waals surface area contributed by atoms with Gasteiger partial charge in [0, 0.05) is 18.8 Å². The van der Waals surface area contributed by atoms with Gasteiger partial charge in [-0.2, -0.15) is 0 Å². The molecule has 2 rings (SSSR count). The molecule has 20 heavy (non-hydrogen) atoms. The summed E-state index contributed by atoms with van der Waals surface area (Å²) in [4.78, 5) is 11.5. The van der Waals surface area contributed by atoms with Gasteiger partial charge in [0.15, 0.2) is 0 Å². The summed E-state index contributed by atoms with van der Waals surface area (Å²) >= 11 is 0. The predicted molar refractivity (Wildman–Crippen MR) is 79.3 cm³/mol. The van der Waals surface area contributed by atoms with E-state index in [1.54, 1.807) is 0 Å². The lowest BCUT2D eigenvalue weighted by Gasteiger charge is -2.20. The van der Waals surface area contributed by atoms with Crippen LogP contribution < -0.4 is 0 Å². The number of aliphatic hydroxyl groups excluding tert-OH is 2. The zero-order valence-electron chi connectivity index (χ0n) is 12.3. The second kappa shape index (κ2) is 6.57. The SMILES string of the molecule is C=CCCC(C)CC=C(O)[C@@H]1[C@@H]2CC(=O)C[C@@H]2C[C@@H]1O. The third kappa shape index (κ3) is 3.32. The molecule has 0 aromatic rings. The van der Waals surface area contributed by atoms with Crippen LogP contribution in [0.3, 0.4) is 0 Å². The topological polar surface area (TPSA) is 57.5 Å². The molecule has 2 fully saturated rings. The van der Waals surface area contributed by atoms with E-state index in [2.05, 4.69) is 13.5 Å². The monoisotopic (exact) mass is 278 g/mol. The standard InChI is InChI=1S/C17H26O3/c1-3-4-5-11(2)6-7-15(19)17-14-10-13(18)8-12(14)9-16(17)20/h3,7,11-12,14,16-17,19-20H,1,4-6,8-10H2,2H3/t11?,12-,14-,16+,17+/m1/s1. The molecule has 0 aliphatic heterocycles. The molecule has 3 nitrogen and oxygen atoms in total. The fourth-order valence-electron chi connectivity index (χ4n) is 3.77. The molecule has 112 valence electrons. The van der Waals surface area contributed by atoms with E-state index in [0.717, 1.165) is 19.3 Å². The van der Waals surface area contributed by atoms with Crippen LogP contribution in [0, 0.1) is 23.7 Å². The van der Waals surface area contributed by atoms with Gasteiger partial charge in [0.05, 0.1) is 11.9 Å². The zero-order chi connectivity index (χ0) is 14.7. The lowest BCUT2D eigenvalue weighted by atomic mass is 9.88. The van der Waals surface area contributed by atoms with Crippen molar-refractivity contribution in [1.82, 2.24) is 0 Å². The Morgan fingerprint density at radius 1 is 1.50 bits per heavy atom. The van der Waals surface area contributed by atoms with Gasteiger partial charge in [-0.05, 0) is 49.5 Å². The molecular weight excluding hydrogens is 252 g/mol. The molecule has 0 heterocycles. The molecule has 2 aliphatic carbocycles. The number of Topliss-reactive ketones (excluding diaryl/α,β-unsaturated/α-hetero) is 1. The van der Waals surface area contributed by atoms with Crippen LogP contribution in [0.4, 0.5) is 0 Å². The van der Waals surface area contributed by atoms with E-state index in [0.29, 0.717) is 30.9 Å². The van der Waals surface area contributed by atoms with E-state index < -0.39 is 6.10 Å². The maximum Gasteiger partial charge on any atom is 0.133 e. The van der Waals surface area contributed by atoms with Crippen LogP contribution in [0.5, 0.6) is 0 Å². The van der Waals surface area contributed by atoms with Gasteiger partial charge in [0.1, 0.15) is 5.78 Å². The normalized spacial score (nSPS) is 35.1. The van der Waals surface area contributed by atoms with E-state index in [-0.39, 0.29) is 23.5 Å². The molecule has 0 radical (unpaired) electrons. The predicted octanol–water partition coefficient (Wildman–Crippen LogP) is 3.40. The summed E-state index contributed by atoms with van der Waals surface area (Å²) in [6.45, 7) is 5.87. The molecule has 0 amide bonds. The van der Waals surface area contributed by atoms with Gasteiger partial charge in [-0.25, -0.2) is 0 Å². The van der Waals surface area contributed by atoms with Crippen molar-refractivity contribution >= 4 is 5.78 Å². The Kier molecular flexibility index (Phi) is 5.03. The van der Waals surface area contributed by atoms with E-state index in [1.165, 1.54) is 0 Å². The maximum atomic E-state index is 11.5. The number of carbonyl (C=O) groups excluding carboxylic acids is 1. The number of fused-ring (bicyclic) bond motifs is 1. The Balaban J connectivity index is 1.95. The summed E-state index contributed by atoms with van der Waals surface area (Å²) in [6.07, 6.45) is 7.91. The Labute approximate surface area is 121 Å². The van der Waals surface area contributed by atoms with Gasteiger partial charge in [-0.3, -0.25) is 4.79 Å². The molecule has 0 spiro atoms. The number of hydrogen-bond donors (Lipinski definition) is 2. The number of aliphatic hydroxyl groups is 2. The van der Waals surface area contributed by atoms with E-state index in [1.807, 2.05) is 12.2 Å². The third-order valence-electron chi connectivity index (χ3n) is 4.91. The minimum atomic E-state index is -0.488. The molecule has 2 aliphatic rings. The maximum absolute atomic E-state index is 11.5. The first-order valence-corrected chi connectivity index (χ1v) is 7.72. The molecule has 0 saturated heterocycles. The lowest BCUT2D eigenvalue weighted by Crippen LogP contribution is -2.22. The molecular formula is C17H26O3. The molecule has 3 heteroatoms. The summed E-state index contributed by atoms with van der Waals surface area (Å²) in [5.74, 6) is 1.27. The molecule has 5 atom stereocenters. The summed E-state index contributed by atoms with van der Waals surface area (Å²) in [7, 11) is 0. The van der Waals surface area contributed by atoms with Crippen LogP contribution in [0.2, 0.25) is 0 Å². The Morgan fingerprint density at radius 3 is 2.95 bits per heavy atom. The van der Waals surface area contributed by atoms with Crippen molar-refractivity contribution in [2.45, 2.75) is 51.6 Å². The Bertz CT molecular complexity index is 399. The first kappa shape index (κ1) is 15.3. The minimum Gasteiger partial charge on any atom is -0.512 e. The van der Waals surface area contributed by atoms with Gasteiger partial charge in [0.2, 0.25) is 0 Å². The quantitative estimate of drug-likeness (QED) is 0.578. The van der Waals surface area contributed by atoms with Crippen molar-refractivity contribution < 1.29 is 15.0 Å². The highest BCUT2D eigenvalue weighted by Gasteiger charge is 2.49. The lowest BCUT2D eigenvalue weighted by molar-refractivity contribution is -0.118. The number of hydrogen-bond acceptors (Lipinski definition) is 3. The van der Waals surface area contributed by atoms with E-state index >= 15 is 0 Å². The molecule has 2 saturated carbocycles. The first-order valence-electron chi connectivity index (χ1n) is 7.72. The summed E-state index contributed by atoms with van der Waals surface area (Å²) in [6, 6.07) is 0. The first-order chi connectivity index (χ1) is 9.52. The number of ketones is 1. The Hall–Kier alpha value is -1.09. The number of allylic oxidation sites excluding steroid dienone is 2. The van der Waals surface area contributed by atoms with Gasteiger partial charge in [-0.15, -0.1) is 6.58 Å². The van der Waals surface area contributed by atoms with Gasteiger partial charge in [0.25, 0.3) is 0 Å². The fourth-order valence-corrected chi connectivity index (χ4v) is 3.77. The second-order valence-electron chi connectivity index (χ2n) is 6.54. The van der Waals surface area contributed by atoms with Crippen LogP contribution in [0.1, 0.15) is 45.4 Å². The van der Waals surface area contributed by atoms with Crippen molar-refractivity contribution in [3.8, 4) is 0 Å². The van der Waals surface area contributed by atoms with Crippen molar-refractivity contribution in [1.29, 1.82) is 0 Å². The van der Waals surface area contributed by atoms with Crippen molar-refractivity contribution in [2.24, 2.45) is 23.7 Å². The van der Waals surface area contributed by atoms with Crippen LogP contribution in [-0.4, -0.2) is 22.1 Å². The van der Waals surface area contributed by atoms with Crippen molar-refractivity contribution in [3.05, 3.63) is 24.5 Å². The Morgan fingerprint density at radius 2 is 2.25 bits per heavy atom. The van der Waals surface area contributed by atoms with Crippen molar-refractivity contribution in [3.63, 3.8) is 0 Å². The van der Waals surface area contributed by atoms with E-state index in [4.69, 9.17) is 0 Å². The zero-order valence-corrected chi connectivity index (χ0v) is 12.3. The highest BCUT2D eigenvalue weighted by atomic mass is 16.3. The second-order valence-corrected chi connectivity index (χ2v) is 6.54. The summed E-state index contributed by atoms with van der Waals surface area (Å²) in [5.41, 5.74) is 0. The smallest absolute Gasteiger partial charge is 0.133 e. The summed E-state index contributed by atoms with van der Waals surface area (Å²) in [5, 5.41) is 20.4. The average Bonchev–Trinajstić information content (AvgIpc) is 2.87. The molecule has 1 unspecified atom stereocenters. The van der Waals surface area contributed by atoms with Gasteiger partial charge >= 0.3 is 0 Å². The summed E-state index contributed by atoms with van der Waals surface area (Å²) < 4.78 is 0. The molecule has 2 N–H and O–H groups in total.